The number of hydrogen-bond acceptors (Lipinski definition) is 1. The van der Waals surface area contributed by atoms with Crippen LogP contribution in [0.25, 0.3) is 127 Å². The molecule has 0 spiro atoms. The average molecular weight is 816 g/mol. The van der Waals surface area contributed by atoms with Crippen LogP contribution >= 0.6 is 0 Å². The van der Waals surface area contributed by atoms with E-state index in [0.29, 0.717) is 0 Å². The smallest absolute Gasteiger partial charge is 0.143 e. The van der Waals surface area contributed by atoms with E-state index in [0.717, 1.165) is 77.8 Å². The van der Waals surface area contributed by atoms with Gasteiger partial charge in [0.15, 0.2) is 0 Å². The van der Waals surface area contributed by atoms with Crippen molar-refractivity contribution in [3.05, 3.63) is 224 Å². The molecule has 0 aliphatic heterocycles. The summed E-state index contributed by atoms with van der Waals surface area (Å²) >= 11 is 0. The molecule has 0 fully saturated rings. The van der Waals surface area contributed by atoms with Gasteiger partial charge in [-0.3, -0.25) is 0 Å². The van der Waals surface area contributed by atoms with Crippen LogP contribution in [0.3, 0.4) is 0 Å². The molecule has 0 unspecified atom stereocenters. The minimum atomic E-state index is 0.888. The summed E-state index contributed by atoms with van der Waals surface area (Å²) in [6, 6.07) is 81.5. The van der Waals surface area contributed by atoms with Crippen molar-refractivity contribution in [3.63, 3.8) is 0 Å². The molecule has 298 valence electrons. The monoisotopic (exact) mass is 815 g/mol. The van der Waals surface area contributed by atoms with Gasteiger partial charge in [-0.2, -0.15) is 0 Å². The van der Waals surface area contributed by atoms with Crippen LogP contribution in [0.15, 0.2) is 229 Å². The fourth-order valence-corrected chi connectivity index (χ4v) is 10.8. The van der Waals surface area contributed by atoms with Gasteiger partial charge in [0, 0.05) is 76.8 Å². The number of benzene rings is 10. The first-order valence-corrected chi connectivity index (χ1v) is 21.9. The molecule has 4 aromatic heterocycles. The summed E-state index contributed by atoms with van der Waals surface area (Å²) in [5.74, 6) is 0. The van der Waals surface area contributed by atoms with Gasteiger partial charge in [-0.05, 0) is 78.4 Å². The molecule has 0 amide bonds. The molecule has 0 aliphatic rings. The normalized spacial score (nSPS) is 12.1. The third-order valence-electron chi connectivity index (χ3n) is 13.4. The topological polar surface area (TPSA) is 27.9 Å². The van der Waals surface area contributed by atoms with Crippen LogP contribution in [0.4, 0.5) is 0 Å². The highest BCUT2D eigenvalue weighted by molar-refractivity contribution is 6.24. The lowest BCUT2D eigenvalue weighted by atomic mass is 9.88. The number of furan rings is 1. The first-order chi connectivity index (χ1) is 31.8. The molecule has 14 rings (SSSR count). The van der Waals surface area contributed by atoms with Crippen molar-refractivity contribution in [1.82, 2.24) is 13.7 Å². The van der Waals surface area contributed by atoms with E-state index < -0.39 is 0 Å². The summed E-state index contributed by atoms with van der Waals surface area (Å²) in [7, 11) is 0. The molecule has 14 aromatic rings. The van der Waals surface area contributed by atoms with E-state index >= 15 is 0 Å². The Bertz CT molecular complexity index is 4180. The first kappa shape index (κ1) is 35.0. The molecule has 10 aromatic carbocycles. The van der Waals surface area contributed by atoms with Crippen molar-refractivity contribution < 1.29 is 4.42 Å². The number of fused-ring (bicyclic) bond motifs is 12. The van der Waals surface area contributed by atoms with E-state index in [1.165, 1.54) is 48.9 Å². The maximum atomic E-state index is 6.83. The molecule has 0 atom stereocenters. The van der Waals surface area contributed by atoms with Gasteiger partial charge in [0.05, 0.1) is 33.1 Å². The maximum absolute atomic E-state index is 6.83. The lowest BCUT2D eigenvalue weighted by molar-refractivity contribution is 0.670. The molecule has 0 saturated heterocycles. The summed E-state index contributed by atoms with van der Waals surface area (Å²) in [5, 5.41) is 9.49. The molecule has 4 heterocycles. The molecule has 0 N–H and O–H groups in total. The minimum Gasteiger partial charge on any atom is -0.455 e. The number of para-hydroxylation sites is 8. The van der Waals surface area contributed by atoms with Gasteiger partial charge in [-0.1, -0.05) is 152 Å². The second kappa shape index (κ2) is 13.4. The highest BCUT2D eigenvalue weighted by Crippen LogP contribution is 2.49. The number of rotatable bonds is 5. The highest BCUT2D eigenvalue weighted by atomic mass is 16.3. The first-order valence-electron chi connectivity index (χ1n) is 21.9. The second-order valence-electron chi connectivity index (χ2n) is 16.8. The van der Waals surface area contributed by atoms with E-state index in [9.17, 15) is 0 Å². The van der Waals surface area contributed by atoms with Crippen LogP contribution in [0.2, 0.25) is 0 Å². The van der Waals surface area contributed by atoms with Crippen LogP contribution in [-0.2, 0) is 0 Å². The summed E-state index contributed by atoms with van der Waals surface area (Å²) < 4.78 is 14.1. The molecule has 0 bridgehead atoms. The Morgan fingerprint density at radius 3 is 1.53 bits per heavy atom. The summed E-state index contributed by atoms with van der Waals surface area (Å²) in [5.41, 5.74) is 16.7. The Labute approximate surface area is 367 Å². The van der Waals surface area contributed by atoms with Crippen LogP contribution < -0.4 is 0 Å². The molecule has 0 saturated carbocycles. The largest absolute Gasteiger partial charge is 0.455 e. The Morgan fingerprint density at radius 2 is 0.797 bits per heavy atom. The van der Waals surface area contributed by atoms with Gasteiger partial charge in [0.2, 0.25) is 0 Å². The predicted octanol–water partition coefficient (Wildman–Crippen LogP) is 16.2. The average Bonchev–Trinajstić information content (AvgIpc) is 4.11. The lowest BCUT2D eigenvalue weighted by Gasteiger charge is -2.17. The fraction of sp³-hybridized carbons (Fsp3) is 0. The molecular formula is C60H37N3O. The zero-order chi connectivity index (χ0) is 41.9. The van der Waals surface area contributed by atoms with E-state index in [2.05, 4.69) is 238 Å². The molecule has 64 heavy (non-hydrogen) atoms. The van der Waals surface area contributed by atoms with Crippen molar-refractivity contribution in [3.8, 4) is 39.3 Å². The lowest BCUT2D eigenvalue weighted by Crippen LogP contribution is -1.98. The van der Waals surface area contributed by atoms with Crippen LogP contribution in [0.5, 0.6) is 0 Å². The Balaban J connectivity index is 1.14. The van der Waals surface area contributed by atoms with Crippen LogP contribution in [0, 0.1) is 0 Å². The number of hydrogen-bond donors (Lipinski definition) is 0. The van der Waals surface area contributed by atoms with Crippen LogP contribution in [0.1, 0.15) is 0 Å². The Hall–Kier alpha value is -8.60. The predicted molar refractivity (Wildman–Crippen MR) is 268 cm³/mol. The zero-order valence-electron chi connectivity index (χ0n) is 34.6. The van der Waals surface area contributed by atoms with Crippen LogP contribution in [-0.4, -0.2) is 13.7 Å². The Morgan fingerprint density at radius 1 is 0.281 bits per heavy atom. The van der Waals surface area contributed by atoms with Gasteiger partial charge in [-0.25, -0.2) is 0 Å². The van der Waals surface area contributed by atoms with Gasteiger partial charge < -0.3 is 18.1 Å². The van der Waals surface area contributed by atoms with Crippen molar-refractivity contribution in [1.29, 1.82) is 0 Å². The molecule has 0 radical (unpaired) electrons. The fourth-order valence-electron chi connectivity index (χ4n) is 10.8. The Kier molecular flexibility index (Phi) is 7.36. The summed E-state index contributed by atoms with van der Waals surface area (Å²) in [6.07, 6.45) is 0. The zero-order valence-corrected chi connectivity index (χ0v) is 34.6. The maximum Gasteiger partial charge on any atom is 0.143 e. The number of aromatic nitrogens is 3. The third kappa shape index (κ3) is 4.88. The summed E-state index contributed by atoms with van der Waals surface area (Å²) in [6.45, 7) is 0. The van der Waals surface area contributed by atoms with Gasteiger partial charge in [0.25, 0.3) is 0 Å². The minimum absolute atomic E-state index is 0.888. The van der Waals surface area contributed by atoms with Gasteiger partial charge in [0.1, 0.15) is 11.2 Å². The van der Waals surface area contributed by atoms with Crippen molar-refractivity contribution >= 4 is 87.4 Å². The van der Waals surface area contributed by atoms with Crippen molar-refractivity contribution in [2.75, 3.05) is 0 Å². The van der Waals surface area contributed by atoms with Crippen molar-refractivity contribution in [2.24, 2.45) is 0 Å². The summed E-state index contributed by atoms with van der Waals surface area (Å²) in [4.78, 5) is 0. The van der Waals surface area contributed by atoms with E-state index in [1.54, 1.807) is 0 Å². The second-order valence-corrected chi connectivity index (χ2v) is 16.8. The molecule has 0 aliphatic carbocycles. The third-order valence-corrected chi connectivity index (χ3v) is 13.4. The molecular weight excluding hydrogens is 779 g/mol. The van der Waals surface area contributed by atoms with E-state index in [4.69, 9.17) is 4.42 Å². The van der Waals surface area contributed by atoms with Gasteiger partial charge in [-0.15, -0.1) is 0 Å². The van der Waals surface area contributed by atoms with E-state index in [-0.39, 0.29) is 0 Å². The molecule has 4 heteroatoms. The SMILES string of the molecule is c1ccc(-n2c3ccccc3c3cc(-n4c5ccccc5c5cccc(-c6c(-c7cccc8c7oc7ccccc78)ccc7c6c6ccccc6n7-c6ccccc6)c54)ccc32)cc1. The van der Waals surface area contributed by atoms with E-state index in [1.807, 2.05) is 0 Å². The standard InChI is InChI=1S/C60H37N3O/c1-3-17-38(18-4-1)61-51-29-11-8-22-42(51)50-37-40(33-35-54(50)61)63-52-30-12-7-21-41(52)45-25-15-28-49(59(45)63)57-44(47-27-16-26-46-43-23-10-14-32-56(43)64-60(46)47)34-36-55-58(57)48-24-9-13-31-53(48)62(55)39-19-5-2-6-20-39/h1-37H. The molecule has 4 nitrogen and oxygen atoms in total. The van der Waals surface area contributed by atoms with Gasteiger partial charge >= 0.3 is 0 Å². The highest BCUT2D eigenvalue weighted by Gasteiger charge is 2.26. The number of nitrogens with zero attached hydrogens (tertiary/aromatic N) is 3. The van der Waals surface area contributed by atoms with Crippen molar-refractivity contribution in [2.45, 2.75) is 0 Å². The quantitative estimate of drug-likeness (QED) is 0.170.